The number of carbonyl (C=O) groups is 1. The van der Waals surface area contributed by atoms with Crippen molar-refractivity contribution in [3.05, 3.63) is 65.2 Å². The van der Waals surface area contributed by atoms with Crippen LogP contribution in [0.4, 0.5) is 0 Å². The van der Waals surface area contributed by atoms with Crippen molar-refractivity contribution in [2.75, 3.05) is 7.11 Å². The average Bonchev–Trinajstić information content (AvgIpc) is 2.46. The van der Waals surface area contributed by atoms with Gasteiger partial charge in [0.15, 0.2) is 5.78 Å². The molecule has 1 N–H and O–H groups in total. The van der Waals surface area contributed by atoms with E-state index in [1.165, 1.54) is 7.11 Å². The number of hydrogen-bond donors (Lipinski definition) is 1. The second kappa shape index (κ2) is 5.47. The van der Waals surface area contributed by atoms with Gasteiger partial charge in [0.1, 0.15) is 5.75 Å². The second-order valence-electron chi connectivity index (χ2n) is 3.89. The van der Waals surface area contributed by atoms with Crippen LogP contribution in [0, 0.1) is 0 Å². The van der Waals surface area contributed by atoms with E-state index in [2.05, 4.69) is 0 Å². The van der Waals surface area contributed by atoms with Gasteiger partial charge in [0.05, 0.1) is 19.3 Å². The monoisotopic (exact) mass is 242 g/mol. The van der Waals surface area contributed by atoms with Crippen LogP contribution in [-0.2, 0) is 6.61 Å². The highest BCUT2D eigenvalue weighted by Gasteiger charge is 2.14. The molecule has 2 aromatic rings. The molecular weight excluding hydrogens is 228 g/mol. The Balaban J connectivity index is 2.42. The summed E-state index contributed by atoms with van der Waals surface area (Å²) in [5.74, 6) is 0.396. The van der Waals surface area contributed by atoms with Gasteiger partial charge in [-0.2, -0.15) is 0 Å². The Hall–Kier alpha value is -2.13. The molecule has 0 aliphatic rings. The lowest BCUT2D eigenvalue weighted by molar-refractivity contribution is 0.103. The number of benzene rings is 2. The third-order valence-electron chi connectivity index (χ3n) is 2.73. The van der Waals surface area contributed by atoms with Crippen LogP contribution in [0.3, 0.4) is 0 Å². The molecule has 0 atom stereocenters. The zero-order valence-corrected chi connectivity index (χ0v) is 10.1. The number of aliphatic hydroxyl groups is 1. The lowest BCUT2D eigenvalue weighted by Crippen LogP contribution is -2.04. The first-order chi connectivity index (χ1) is 8.76. The van der Waals surface area contributed by atoms with Crippen LogP contribution in [0.25, 0.3) is 0 Å². The normalized spacial score (nSPS) is 10.1. The number of ketones is 1. The van der Waals surface area contributed by atoms with E-state index in [1.807, 2.05) is 18.2 Å². The highest BCUT2D eigenvalue weighted by molar-refractivity contribution is 6.10. The summed E-state index contributed by atoms with van der Waals surface area (Å²) in [5, 5.41) is 9.06. The maximum Gasteiger partial charge on any atom is 0.196 e. The minimum Gasteiger partial charge on any atom is -0.496 e. The summed E-state index contributed by atoms with van der Waals surface area (Å²) in [6.07, 6.45) is 0. The quantitative estimate of drug-likeness (QED) is 0.837. The molecule has 0 aliphatic carbocycles. The average molecular weight is 242 g/mol. The summed E-state index contributed by atoms with van der Waals surface area (Å²) >= 11 is 0. The maximum absolute atomic E-state index is 12.3. The molecule has 3 nitrogen and oxygen atoms in total. The van der Waals surface area contributed by atoms with Gasteiger partial charge in [-0.3, -0.25) is 4.79 Å². The fraction of sp³-hybridized carbons (Fsp3) is 0.133. The first-order valence-corrected chi connectivity index (χ1v) is 5.63. The topological polar surface area (TPSA) is 46.5 Å². The van der Waals surface area contributed by atoms with Gasteiger partial charge >= 0.3 is 0 Å². The molecule has 0 saturated heterocycles. The van der Waals surface area contributed by atoms with Crippen LogP contribution in [0.1, 0.15) is 21.5 Å². The van der Waals surface area contributed by atoms with Crippen molar-refractivity contribution in [2.24, 2.45) is 0 Å². The van der Waals surface area contributed by atoms with Gasteiger partial charge in [0.2, 0.25) is 0 Å². The van der Waals surface area contributed by atoms with Crippen LogP contribution in [0.5, 0.6) is 5.75 Å². The van der Waals surface area contributed by atoms with Crippen molar-refractivity contribution in [1.82, 2.24) is 0 Å². The van der Waals surface area contributed by atoms with Crippen molar-refractivity contribution in [3.63, 3.8) is 0 Å². The molecule has 0 aliphatic heterocycles. The number of rotatable bonds is 4. The van der Waals surface area contributed by atoms with Crippen LogP contribution in [-0.4, -0.2) is 18.0 Å². The highest BCUT2D eigenvalue weighted by Crippen LogP contribution is 2.23. The van der Waals surface area contributed by atoms with Crippen molar-refractivity contribution in [3.8, 4) is 5.75 Å². The van der Waals surface area contributed by atoms with Crippen LogP contribution in [0.15, 0.2) is 48.5 Å². The molecular formula is C15H14O3. The van der Waals surface area contributed by atoms with Crippen molar-refractivity contribution in [2.45, 2.75) is 6.61 Å². The summed E-state index contributed by atoms with van der Waals surface area (Å²) in [6.45, 7) is -0.0732. The third-order valence-corrected chi connectivity index (χ3v) is 2.73. The highest BCUT2D eigenvalue weighted by atomic mass is 16.5. The zero-order chi connectivity index (χ0) is 13.0. The molecule has 2 aromatic carbocycles. The van der Waals surface area contributed by atoms with E-state index in [0.717, 1.165) is 5.56 Å². The molecule has 3 heteroatoms. The van der Waals surface area contributed by atoms with Crippen LogP contribution >= 0.6 is 0 Å². The standard InChI is InChI=1S/C15H14O3/c1-18-14-9-11(10-16)7-8-13(14)15(17)12-5-3-2-4-6-12/h2-9,16H,10H2,1H3. The molecule has 0 radical (unpaired) electrons. The molecule has 0 aromatic heterocycles. The van der Waals surface area contributed by atoms with Gasteiger partial charge in [-0.05, 0) is 17.7 Å². The molecule has 0 amide bonds. The smallest absolute Gasteiger partial charge is 0.196 e. The van der Waals surface area contributed by atoms with E-state index < -0.39 is 0 Å². The molecule has 18 heavy (non-hydrogen) atoms. The Labute approximate surface area is 106 Å². The predicted octanol–water partition coefficient (Wildman–Crippen LogP) is 2.42. The molecule has 0 heterocycles. The Morgan fingerprint density at radius 3 is 2.50 bits per heavy atom. The molecule has 0 bridgehead atoms. The Morgan fingerprint density at radius 2 is 1.89 bits per heavy atom. The summed E-state index contributed by atoms with van der Waals surface area (Å²) in [6, 6.07) is 14.1. The molecule has 0 unspecified atom stereocenters. The van der Waals surface area contributed by atoms with E-state index in [-0.39, 0.29) is 12.4 Å². The van der Waals surface area contributed by atoms with E-state index >= 15 is 0 Å². The van der Waals surface area contributed by atoms with Gasteiger partial charge in [-0.1, -0.05) is 36.4 Å². The predicted molar refractivity (Wildman–Crippen MR) is 68.8 cm³/mol. The molecule has 0 fully saturated rings. The van der Waals surface area contributed by atoms with Gasteiger partial charge in [-0.15, -0.1) is 0 Å². The zero-order valence-electron chi connectivity index (χ0n) is 10.1. The second-order valence-corrected chi connectivity index (χ2v) is 3.89. The fourth-order valence-corrected chi connectivity index (χ4v) is 1.77. The summed E-state index contributed by atoms with van der Waals surface area (Å²) in [5.41, 5.74) is 1.84. The Bertz CT molecular complexity index is 547. The summed E-state index contributed by atoms with van der Waals surface area (Å²) < 4.78 is 5.20. The Morgan fingerprint density at radius 1 is 1.17 bits per heavy atom. The number of methoxy groups -OCH3 is 1. The molecule has 0 spiro atoms. The molecule has 2 rings (SSSR count). The van der Waals surface area contributed by atoms with Crippen molar-refractivity contribution < 1.29 is 14.6 Å². The minimum atomic E-state index is -0.0862. The largest absolute Gasteiger partial charge is 0.496 e. The van der Waals surface area contributed by atoms with E-state index in [9.17, 15) is 4.79 Å². The van der Waals surface area contributed by atoms with Gasteiger partial charge < -0.3 is 9.84 Å². The number of carbonyl (C=O) groups excluding carboxylic acids is 1. The Kier molecular flexibility index (Phi) is 3.75. The van der Waals surface area contributed by atoms with Crippen LogP contribution < -0.4 is 4.74 Å². The summed E-state index contributed by atoms with van der Waals surface area (Å²) in [7, 11) is 1.51. The molecule has 92 valence electrons. The van der Waals surface area contributed by atoms with Crippen molar-refractivity contribution >= 4 is 5.78 Å². The first-order valence-electron chi connectivity index (χ1n) is 5.63. The van der Waals surface area contributed by atoms with E-state index in [0.29, 0.717) is 16.9 Å². The third kappa shape index (κ3) is 2.41. The number of aliphatic hydroxyl groups excluding tert-OH is 1. The number of ether oxygens (including phenoxy) is 1. The van der Waals surface area contributed by atoms with Crippen molar-refractivity contribution in [1.29, 1.82) is 0 Å². The van der Waals surface area contributed by atoms with Gasteiger partial charge in [0, 0.05) is 5.56 Å². The SMILES string of the molecule is COc1cc(CO)ccc1C(=O)c1ccccc1. The van der Waals surface area contributed by atoms with Gasteiger partial charge in [0.25, 0.3) is 0 Å². The first kappa shape index (κ1) is 12.3. The molecule has 0 saturated carbocycles. The minimum absolute atomic E-state index is 0.0732. The fourth-order valence-electron chi connectivity index (χ4n) is 1.77. The maximum atomic E-state index is 12.3. The lowest BCUT2D eigenvalue weighted by Gasteiger charge is -2.09. The van der Waals surface area contributed by atoms with Crippen LogP contribution in [0.2, 0.25) is 0 Å². The van der Waals surface area contributed by atoms with E-state index in [1.54, 1.807) is 30.3 Å². The lowest BCUT2D eigenvalue weighted by atomic mass is 10.0. The van der Waals surface area contributed by atoms with E-state index in [4.69, 9.17) is 9.84 Å². The number of hydrogen-bond acceptors (Lipinski definition) is 3. The summed E-state index contributed by atoms with van der Waals surface area (Å²) in [4.78, 5) is 12.3. The van der Waals surface area contributed by atoms with Gasteiger partial charge in [-0.25, -0.2) is 0 Å².